The first-order chi connectivity index (χ1) is 13.8. The maximum absolute atomic E-state index is 5.80. The molecule has 0 radical (unpaired) electrons. The second kappa shape index (κ2) is 7.01. The first-order valence-electron chi connectivity index (χ1n) is 8.68. The fourth-order valence-corrected chi connectivity index (χ4v) is 3.71. The third-order valence-electron chi connectivity index (χ3n) is 4.27. The van der Waals surface area contributed by atoms with Gasteiger partial charge in [0.25, 0.3) is 0 Å². The van der Waals surface area contributed by atoms with Crippen molar-refractivity contribution in [2.24, 2.45) is 0 Å². The number of hydrogen-bond acceptors (Lipinski definition) is 8. The molecular weight excluding hydrogens is 380 g/mol. The van der Waals surface area contributed by atoms with Crippen molar-refractivity contribution in [1.29, 1.82) is 0 Å². The minimum atomic E-state index is 0.262. The van der Waals surface area contributed by atoms with Crippen molar-refractivity contribution < 1.29 is 18.9 Å². The van der Waals surface area contributed by atoms with E-state index in [9.17, 15) is 0 Å². The topological polar surface area (TPSA) is 80.0 Å². The van der Waals surface area contributed by atoms with E-state index in [1.807, 2.05) is 42.5 Å². The van der Waals surface area contributed by atoms with Gasteiger partial charge in [-0.1, -0.05) is 11.3 Å². The van der Waals surface area contributed by atoms with Crippen molar-refractivity contribution in [2.75, 3.05) is 20.3 Å². The third kappa shape index (κ3) is 3.09. The molecule has 0 bridgehead atoms. The molecule has 0 aliphatic carbocycles. The number of hydrogen-bond donors (Lipinski definition) is 0. The van der Waals surface area contributed by atoms with Crippen LogP contribution >= 0.6 is 11.3 Å². The second-order valence-electron chi connectivity index (χ2n) is 6.04. The van der Waals surface area contributed by atoms with Gasteiger partial charge in [-0.05, 0) is 42.5 Å². The maximum atomic E-state index is 5.80. The van der Waals surface area contributed by atoms with Gasteiger partial charge in [0.05, 0.1) is 7.11 Å². The van der Waals surface area contributed by atoms with E-state index >= 15 is 0 Å². The lowest BCUT2D eigenvalue weighted by Crippen LogP contribution is -2.15. The minimum absolute atomic E-state index is 0.262. The van der Waals surface area contributed by atoms with Crippen LogP contribution in [-0.4, -0.2) is 40.1 Å². The number of rotatable bonds is 5. The van der Waals surface area contributed by atoms with E-state index < -0.39 is 0 Å². The maximum Gasteiger partial charge on any atom is 0.235 e. The predicted molar refractivity (Wildman–Crippen MR) is 102 cm³/mol. The smallest absolute Gasteiger partial charge is 0.235 e. The molecule has 1 aliphatic heterocycles. The quantitative estimate of drug-likeness (QED) is 0.512. The summed E-state index contributed by atoms with van der Waals surface area (Å²) in [6.45, 7) is 1.38. The molecule has 8 nitrogen and oxygen atoms in total. The average Bonchev–Trinajstić information content (AvgIpc) is 3.33. The molecule has 0 amide bonds. The number of aromatic nitrogens is 4. The normalized spacial score (nSPS) is 12.9. The molecule has 0 unspecified atom stereocenters. The molecule has 0 saturated heterocycles. The molecule has 0 N–H and O–H groups in total. The zero-order valence-corrected chi connectivity index (χ0v) is 15.8. The Kier molecular flexibility index (Phi) is 4.21. The van der Waals surface area contributed by atoms with Gasteiger partial charge in [0.2, 0.25) is 4.96 Å². The largest absolute Gasteiger partial charge is 0.497 e. The van der Waals surface area contributed by atoms with E-state index in [0.29, 0.717) is 24.0 Å². The summed E-state index contributed by atoms with van der Waals surface area (Å²) in [5.74, 6) is 3.62. The number of methoxy groups -OCH3 is 1. The lowest BCUT2D eigenvalue weighted by atomic mass is 10.2. The van der Waals surface area contributed by atoms with Crippen LogP contribution in [0, 0.1) is 0 Å². The predicted octanol–water partition coefficient (Wildman–Crippen LogP) is 3.21. The van der Waals surface area contributed by atoms with Gasteiger partial charge < -0.3 is 18.9 Å². The van der Waals surface area contributed by atoms with Gasteiger partial charge in [-0.15, -0.1) is 10.2 Å². The lowest BCUT2D eigenvalue weighted by Gasteiger charge is -2.18. The highest BCUT2D eigenvalue weighted by Gasteiger charge is 2.17. The van der Waals surface area contributed by atoms with Gasteiger partial charge >= 0.3 is 0 Å². The van der Waals surface area contributed by atoms with Gasteiger partial charge in [-0.3, -0.25) is 0 Å². The number of nitrogens with zero attached hydrogens (tertiary/aromatic N) is 4. The van der Waals surface area contributed by atoms with Crippen LogP contribution in [0.25, 0.3) is 15.5 Å². The summed E-state index contributed by atoms with van der Waals surface area (Å²) in [7, 11) is 1.63. The van der Waals surface area contributed by atoms with E-state index in [2.05, 4.69) is 15.3 Å². The van der Waals surface area contributed by atoms with E-state index in [1.54, 1.807) is 11.6 Å². The summed E-state index contributed by atoms with van der Waals surface area (Å²) in [6, 6.07) is 13.2. The molecular formula is C19H16N4O4S. The molecule has 1 aliphatic rings. The first-order valence-corrected chi connectivity index (χ1v) is 9.50. The molecule has 0 atom stereocenters. The van der Waals surface area contributed by atoms with Gasteiger partial charge in [0.1, 0.15) is 36.3 Å². The SMILES string of the molecule is COc1ccc(OCc2nnc3sc(-c4ccc5c(c4)OCCO5)nn23)cc1. The van der Waals surface area contributed by atoms with E-state index in [4.69, 9.17) is 18.9 Å². The van der Waals surface area contributed by atoms with Crippen LogP contribution in [0.1, 0.15) is 5.82 Å². The van der Waals surface area contributed by atoms with Crippen LogP contribution in [-0.2, 0) is 6.61 Å². The Hall–Kier alpha value is -3.33. The van der Waals surface area contributed by atoms with Crippen molar-refractivity contribution >= 4 is 16.3 Å². The lowest BCUT2D eigenvalue weighted by molar-refractivity contribution is 0.171. The molecule has 2 aromatic carbocycles. The highest BCUT2D eigenvalue weighted by atomic mass is 32.1. The molecule has 5 rings (SSSR count). The summed E-state index contributed by atoms with van der Waals surface area (Å²) in [4.78, 5) is 0.707. The van der Waals surface area contributed by atoms with Crippen molar-refractivity contribution in [3.05, 3.63) is 48.3 Å². The van der Waals surface area contributed by atoms with Crippen molar-refractivity contribution in [3.63, 3.8) is 0 Å². The van der Waals surface area contributed by atoms with Gasteiger partial charge in [-0.25, -0.2) is 0 Å². The minimum Gasteiger partial charge on any atom is -0.497 e. The number of fused-ring (bicyclic) bond motifs is 2. The summed E-state index contributed by atoms with van der Waals surface area (Å²) in [6.07, 6.45) is 0. The Balaban J connectivity index is 1.37. The van der Waals surface area contributed by atoms with Crippen molar-refractivity contribution in [3.8, 4) is 33.6 Å². The van der Waals surface area contributed by atoms with E-state index in [1.165, 1.54) is 11.3 Å². The Morgan fingerprint density at radius 2 is 1.79 bits per heavy atom. The average molecular weight is 396 g/mol. The standard InChI is InChI=1S/C19H16N4O4S/c1-24-13-3-5-14(6-4-13)27-11-17-20-21-19-23(17)22-18(28-19)12-2-7-15-16(10-12)26-9-8-25-15/h2-7,10H,8-9,11H2,1H3. The zero-order valence-electron chi connectivity index (χ0n) is 15.0. The third-order valence-corrected chi connectivity index (χ3v) is 5.22. The number of benzene rings is 2. The van der Waals surface area contributed by atoms with Crippen LogP contribution in [0.4, 0.5) is 0 Å². The molecule has 2 aromatic heterocycles. The van der Waals surface area contributed by atoms with Gasteiger partial charge in [0.15, 0.2) is 17.3 Å². The Bertz CT molecular complexity index is 1120. The van der Waals surface area contributed by atoms with Crippen molar-refractivity contribution in [1.82, 2.24) is 19.8 Å². The monoisotopic (exact) mass is 396 g/mol. The summed E-state index contributed by atoms with van der Waals surface area (Å²) >= 11 is 1.46. The van der Waals surface area contributed by atoms with Gasteiger partial charge in [-0.2, -0.15) is 9.61 Å². The highest BCUT2D eigenvalue weighted by molar-refractivity contribution is 7.19. The zero-order chi connectivity index (χ0) is 18.9. The molecule has 28 heavy (non-hydrogen) atoms. The van der Waals surface area contributed by atoms with Crippen LogP contribution in [0.5, 0.6) is 23.0 Å². The second-order valence-corrected chi connectivity index (χ2v) is 7.00. The molecule has 3 heterocycles. The fourth-order valence-electron chi connectivity index (χ4n) is 2.86. The summed E-state index contributed by atoms with van der Waals surface area (Å²) in [5, 5.41) is 13.9. The molecule has 9 heteroatoms. The van der Waals surface area contributed by atoms with E-state index in [-0.39, 0.29) is 6.61 Å². The molecule has 0 spiro atoms. The van der Waals surface area contributed by atoms with Gasteiger partial charge in [0, 0.05) is 5.56 Å². The van der Waals surface area contributed by atoms with Crippen molar-refractivity contribution in [2.45, 2.75) is 6.61 Å². The van der Waals surface area contributed by atoms with Crippen LogP contribution in [0.3, 0.4) is 0 Å². The first kappa shape index (κ1) is 16.8. The van der Waals surface area contributed by atoms with E-state index in [0.717, 1.165) is 33.6 Å². The molecule has 4 aromatic rings. The molecule has 142 valence electrons. The number of ether oxygens (including phenoxy) is 4. The highest BCUT2D eigenvalue weighted by Crippen LogP contribution is 2.35. The summed E-state index contributed by atoms with van der Waals surface area (Å²) in [5.41, 5.74) is 0.946. The molecule has 0 fully saturated rings. The Morgan fingerprint density at radius 1 is 1.00 bits per heavy atom. The Morgan fingerprint density at radius 3 is 2.61 bits per heavy atom. The molecule has 0 saturated carbocycles. The fraction of sp³-hybridized carbons (Fsp3) is 0.211. The van der Waals surface area contributed by atoms with Crippen LogP contribution in [0.15, 0.2) is 42.5 Å². The summed E-state index contributed by atoms with van der Waals surface area (Å²) < 4.78 is 23.9. The Labute approximate surface area is 164 Å². The van der Waals surface area contributed by atoms with Crippen LogP contribution in [0.2, 0.25) is 0 Å². The van der Waals surface area contributed by atoms with Crippen LogP contribution < -0.4 is 18.9 Å².